The number of halogens is 1. The molecule has 1 rings (SSSR count). The molecule has 7 heteroatoms. The van der Waals surface area contributed by atoms with Crippen LogP contribution < -0.4 is 0 Å². The van der Waals surface area contributed by atoms with Crippen LogP contribution in [-0.2, 0) is 0 Å². The summed E-state index contributed by atoms with van der Waals surface area (Å²) in [7, 11) is 0. The molecule has 5 N–H and O–H groups in total. The molecule has 0 unspecified atom stereocenters. The number of hydrogen-bond acceptors (Lipinski definition) is 6. The molecular weight excluding hydrogens is 324 g/mol. The zero-order valence-corrected chi connectivity index (χ0v) is 12.3. The molecule has 0 saturated heterocycles. The molecule has 0 aliphatic heterocycles. The number of phenols is 1. The van der Waals surface area contributed by atoms with Crippen LogP contribution in [0.15, 0.2) is 28.7 Å². The van der Waals surface area contributed by atoms with E-state index in [1.54, 1.807) is 18.2 Å². The van der Waals surface area contributed by atoms with Crippen molar-refractivity contribution in [2.24, 2.45) is 0 Å². The average molecular weight is 343 g/mol. The minimum absolute atomic E-state index is 0.184. The van der Waals surface area contributed by atoms with Crippen LogP contribution in [0.25, 0.3) is 0 Å². The standard InChI is InChI=1S/C6H5BrO.C3H8O3.C2H6OS/c7-5-3-1-2-4-6(5)8;4-1-3(6)2-5;3-1-2-4/h1-4,8H;3-6H,1-2H2;3-4H,1-2H2. The molecule has 0 amide bonds. The number of aliphatic hydroxyl groups excluding tert-OH is 4. The first-order valence-corrected chi connectivity index (χ1v) is 6.50. The topological polar surface area (TPSA) is 101 Å². The Labute approximate surface area is 120 Å². The number of rotatable bonds is 3. The molecule has 0 spiro atoms. The maximum atomic E-state index is 8.87. The van der Waals surface area contributed by atoms with Crippen LogP contribution in [0.2, 0.25) is 0 Å². The lowest BCUT2D eigenvalue weighted by molar-refractivity contribution is 0.0450. The van der Waals surface area contributed by atoms with Gasteiger partial charge in [-0.25, -0.2) is 0 Å². The highest BCUT2D eigenvalue weighted by atomic mass is 79.9. The van der Waals surface area contributed by atoms with Crippen LogP contribution in [0, 0.1) is 0 Å². The summed E-state index contributed by atoms with van der Waals surface area (Å²) in [5.74, 6) is 0.854. The Balaban J connectivity index is 0. The number of aromatic hydroxyl groups is 1. The summed E-state index contributed by atoms with van der Waals surface area (Å²) in [4.78, 5) is 0. The molecule has 1 aromatic rings. The first-order chi connectivity index (χ1) is 8.53. The molecule has 0 radical (unpaired) electrons. The molecule has 0 fully saturated rings. The quantitative estimate of drug-likeness (QED) is 0.446. The highest BCUT2D eigenvalue weighted by Gasteiger charge is 1.93. The summed E-state index contributed by atoms with van der Waals surface area (Å²) in [6.45, 7) is -0.546. The molecule has 0 atom stereocenters. The van der Waals surface area contributed by atoms with Crippen molar-refractivity contribution in [1.82, 2.24) is 0 Å². The van der Waals surface area contributed by atoms with Crippen molar-refractivity contribution < 1.29 is 25.5 Å². The first-order valence-electron chi connectivity index (χ1n) is 5.08. The normalized spacial score (nSPS) is 9.06. The summed E-state index contributed by atoms with van der Waals surface area (Å²) < 4.78 is 0.736. The van der Waals surface area contributed by atoms with Crippen molar-refractivity contribution in [3.63, 3.8) is 0 Å². The molecule has 18 heavy (non-hydrogen) atoms. The van der Waals surface area contributed by atoms with E-state index in [-0.39, 0.29) is 25.6 Å². The van der Waals surface area contributed by atoms with E-state index >= 15 is 0 Å². The Morgan fingerprint density at radius 3 is 1.72 bits per heavy atom. The molecular formula is C11H19BrO5S. The molecule has 106 valence electrons. The van der Waals surface area contributed by atoms with Gasteiger partial charge < -0.3 is 25.5 Å². The highest BCUT2D eigenvalue weighted by Crippen LogP contribution is 2.21. The predicted molar refractivity (Wildman–Crippen MR) is 76.9 cm³/mol. The fraction of sp³-hybridized carbons (Fsp3) is 0.455. The van der Waals surface area contributed by atoms with Gasteiger partial charge in [0.15, 0.2) is 0 Å². The number of para-hydroxylation sites is 1. The van der Waals surface area contributed by atoms with Gasteiger partial charge in [-0.1, -0.05) is 12.1 Å². The van der Waals surface area contributed by atoms with E-state index in [1.165, 1.54) is 0 Å². The molecule has 1 aromatic carbocycles. The van der Waals surface area contributed by atoms with Gasteiger partial charge in [-0.05, 0) is 28.1 Å². The molecule has 5 nitrogen and oxygen atoms in total. The molecule has 0 bridgehead atoms. The van der Waals surface area contributed by atoms with Gasteiger partial charge in [0.2, 0.25) is 0 Å². The average Bonchev–Trinajstić information content (AvgIpc) is 2.42. The van der Waals surface area contributed by atoms with Crippen LogP contribution in [0.1, 0.15) is 0 Å². The summed E-state index contributed by atoms with van der Waals surface area (Å²) in [6, 6.07) is 7.04. The molecule has 0 aromatic heterocycles. The van der Waals surface area contributed by atoms with Gasteiger partial charge >= 0.3 is 0 Å². The van der Waals surface area contributed by atoms with Crippen LogP contribution >= 0.6 is 28.6 Å². The van der Waals surface area contributed by atoms with Crippen molar-refractivity contribution in [1.29, 1.82) is 0 Å². The van der Waals surface area contributed by atoms with Gasteiger partial charge in [0.1, 0.15) is 11.9 Å². The van der Waals surface area contributed by atoms with Gasteiger partial charge in [-0.3, -0.25) is 0 Å². The number of phenolic OH excluding ortho intramolecular Hbond substituents is 1. The van der Waals surface area contributed by atoms with Crippen LogP contribution in [0.5, 0.6) is 5.75 Å². The number of hydrogen-bond donors (Lipinski definition) is 6. The van der Waals surface area contributed by atoms with Gasteiger partial charge in [0.25, 0.3) is 0 Å². The van der Waals surface area contributed by atoms with Crippen LogP contribution in [0.4, 0.5) is 0 Å². The van der Waals surface area contributed by atoms with Crippen molar-refractivity contribution in [3.8, 4) is 5.75 Å². The molecule has 0 saturated carbocycles. The molecule has 0 aliphatic carbocycles. The van der Waals surface area contributed by atoms with E-state index in [0.29, 0.717) is 5.75 Å². The van der Waals surface area contributed by atoms with E-state index in [0.717, 1.165) is 4.47 Å². The Hall–Kier alpha value is -0.310. The van der Waals surface area contributed by atoms with Crippen molar-refractivity contribution in [2.75, 3.05) is 25.6 Å². The number of thiol groups is 1. The molecule has 0 heterocycles. The smallest absolute Gasteiger partial charge is 0.129 e. The van der Waals surface area contributed by atoms with Crippen molar-refractivity contribution in [3.05, 3.63) is 28.7 Å². The minimum Gasteiger partial charge on any atom is -0.507 e. The second kappa shape index (κ2) is 14.7. The third kappa shape index (κ3) is 13.8. The van der Waals surface area contributed by atoms with Gasteiger partial charge in [0, 0.05) is 5.75 Å². The van der Waals surface area contributed by atoms with Gasteiger partial charge in [-0.2, -0.15) is 12.6 Å². The predicted octanol–water partition coefficient (Wildman–Crippen LogP) is 0.395. The van der Waals surface area contributed by atoms with Crippen LogP contribution in [-0.4, -0.2) is 57.2 Å². The van der Waals surface area contributed by atoms with Crippen molar-refractivity contribution >= 4 is 28.6 Å². The lowest BCUT2D eigenvalue weighted by Crippen LogP contribution is -2.15. The third-order valence-electron chi connectivity index (χ3n) is 1.37. The SMILES string of the molecule is OCC(O)CO.OCCS.Oc1ccccc1Br. The monoisotopic (exact) mass is 342 g/mol. The fourth-order valence-electron chi connectivity index (χ4n) is 0.509. The summed E-state index contributed by atoms with van der Waals surface area (Å²) in [5, 5.41) is 40.7. The fourth-order valence-corrected chi connectivity index (χ4v) is 0.794. The second-order valence-corrected chi connectivity index (χ2v) is 4.22. The van der Waals surface area contributed by atoms with Crippen LogP contribution in [0.3, 0.4) is 0 Å². The number of benzene rings is 1. The Bertz CT molecular complexity index is 261. The Morgan fingerprint density at radius 1 is 1.11 bits per heavy atom. The van der Waals surface area contributed by atoms with E-state index in [1.807, 2.05) is 6.07 Å². The number of aliphatic hydroxyl groups is 4. The van der Waals surface area contributed by atoms with E-state index in [2.05, 4.69) is 28.6 Å². The third-order valence-corrected chi connectivity index (χ3v) is 2.24. The summed E-state index contributed by atoms with van der Waals surface area (Å²) >= 11 is 6.82. The minimum atomic E-state index is -0.954. The maximum Gasteiger partial charge on any atom is 0.129 e. The second-order valence-electron chi connectivity index (χ2n) is 2.92. The van der Waals surface area contributed by atoms with Gasteiger partial charge in [-0.15, -0.1) is 0 Å². The zero-order chi connectivity index (χ0) is 14.4. The first kappa shape index (κ1) is 20.0. The van der Waals surface area contributed by atoms with E-state index in [4.69, 9.17) is 25.5 Å². The summed E-state index contributed by atoms with van der Waals surface area (Å²) in [6.07, 6.45) is -0.954. The lowest BCUT2D eigenvalue weighted by Gasteiger charge is -1.96. The molecule has 0 aliphatic rings. The van der Waals surface area contributed by atoms with Gasteiger partial charge in [0.05, 0.1) is 24.3 Å². The Kier molecular flexibility index (Phi) is 16.4. The van der Waals surface area contributed by atoms with E-state index < -0.39 is 6.10 Å². The Morgan fingerprint density at radius 2 is 1.56 bits per heavy atom. The van der Waals surface area contributed by atoms with E-state index in [9.17, 15) is 0 Å². The highest BCUT2D eigenvalue weighted by molar-refractivity contribution is 9.10. The largest absolute Gasteiger partial charge is 0.507 e. The zero-order valence-electron chi connectivity index (χ0n) is 9.78. The summed E-state index contributed by atoms with van der Waals surface area (Å²) in [5.41, 5.74) is 0. The maximum absolute atomic E-state index is 8.87. The lowest BCUT2D eigenvalue weighted by atomic mass is 10.3. The van der Waals surface area contributed by atoms with Crippen molar-refractivity contribution in [2.45, 2.75) is 6.10 Å².